The van der Waals surface area contributed by atoms with Gasteiger partial charge in [-0.25, -0.2) is 13.2 Å². The van der Waals surface area contributed by atoms with E-state index in [1.165, 1.54) is 24.1 Å². The molecule has 1 aliphatic rings. The summed E-state index contributed by atoms with van der Waals surface area (Å²) in [5.41, 5.74) is 0.217. The van der Waals surface area contributed by atoms with E-state index in [2.05, 4.69) is 6.58 Å². The van der Waals surface area contributed by atoms with Gasteiger partial charge >= 0.3 is 5.97 Å². The lowest BCUT2D eigenvalue weighted by atomic mass is 10.2. The van der Waals surface area contributed by atoms with Crippen LogP contribution in [0.1, 0.15) is 36.5 Å². The molecule has 2 rings (SSSR count). The van der Waals surface area contributed by atoms with Crippen LogP contribution in [0.3, 0.4) is 0 Å². The van der Waals surface area contributed by atoms with E-state index >= 15 is 0 Å². The Bertz CT molecular complexity index is 866. The average molecular weight is 440 g/mol. The van der Waals surface area contributed by atoms with Gasteiger partial charge in [-0.1, -0.05) is 26.0 Å². The Morgan fingerprint density at radius 3 is 2.67 bits per heavy atom. The molecule has 1 aromatic rings. The number of nitrogens with zero attached hydrogens (tertiary/aromatic N) is 1. The highest BCUT2D eigenvalue weighted by molar-refractivity contribution is 7.91. The number of unbranched alkanes of at least 4 members (excludes halogenated alkanes) is 1. The van der Waals surface area contributed by atoms with Crippen molar-refractivity contribution in [3.63, 3.8) is 0 Å². The van der Waals surface area contributed by atoms with Gasteiger partial charge in [0.2, 0.25) is 0 Å². The minimum atomic E-state index is -3.13. The van der Waals surface area contributed by atoms with Crippen molar-refractivity contribution < 1.29 is 32.2 Å². The molecule has 0 saturated carbocycles. The van der Waals surface area contributed by atoms with Gasteiger partial charge in [-0.3, -0.25) is 4.79 Å². The Morgan fingerprint density at radius 2 is 2.07 bits per heavy atom. The summed E-state index contributed by atoms with van der Waals surface area (Å²) in [6, 6.07) is 4.21. The van der Waals surface area contributed by atoms with E-state index in [4.69, 9.17) is 14.2 Å². The molecule has 0 aliphatic carbocycles. The maximum atomic E-state index is 12.7. The van der Waals surface area contributed by atoms with Gasteiger partial charge in [0.25, 0.3) is 5.91 Å². The Morgan fingerprint density at radius 1 is 1.30 bits per heavy atom. The molecule has 9 heteroatoms. The van der Waals surface area contributed by atoms with Crippen LogP contribution in [0.4, 0.5) is 0 Å². The second kappa shape index (κ2) is 11.0. The fourth-order valence-electron chi connectivity index (χ4n) is 3.22. The number of carbonyl (C=O) groups is 2. The Balaban J connectivity index is 2.02. The van der Waals surface area contributed by atoms with Gasteiger partial charge in [-0.05, 0) is 31.0 Å². The largest absolute Gasteiger partial charge is 0.493 e. The summed E-state index contributed by atoms with van der Waals surface area (Å²) >= 11 is 0. The number of carbonyl (C=O) groups excluding carboxylic acids is 2. The zero-order valence-electron chi connectivity index (χ0n) is 17.5. The molecular formula is C21H29NO7S. The highest BCUT2D eigenvalue weighted by Gasteiger charge is 2.34. The van der Waals surface area contributed by atoms with Gasteiger partial charge in [-0.15, -0.1) is 0 Å². The normalized spacial score (nSPS) is 17.2. The van der Waals surface area contributed by atoms with Gasteiger partial charge < -0.3 is 19.1 Å². The number of rotatable bonds is 11. The number of benzene rings is 1. The van der Waals surface area contributed by atoms with Crippen molar-refractivity contribution >= 4 is 21.7 Å². The molecule has 1 unspecified atom stereocenters. The standard InChI is InChI=1S/C21H29NO7S/c1-4-6-10-22(17-9-12-30(25,26)15-17)20(23)14-29-21(24)16-7-8-18(28-11-5-2)19(13-16)27-3/h5,7-8,13,17H,2,4,6,9-12,14-15H2,1,3H3. The van der Waals surface area contributed by atoms with Crippen LogP contribution in [-0.4, -0.2) is 69.6 Å². The molecule has 1 fully saturated rings. The monoisotopic (exact) mass is 439 g/mol. The summed E-state index contributed by atoms with van der Waals surface area (Å²) in [4.78, 5) is 26.6. The molecule has 0 bridgehead atoms. The second-order valence-electron chi connectivity index (χ2n) is 7.04. The summed E-state index contributed by atoms with van der Waals surface area (Å²) in [5.74, 6) is -0.215. The molecule has 1 amide bonds. The summed E-state index contributed by atoms with van der Waals surface area (Å²) < 4.78 is 39.5. The number of ether oxygens (including phenoxy) is 3. The van der Waals surface area contributed by atoms with Crippen LogP contribution in [0.2, 0.25) is 0 Å². The number of methoxy groups -OCH3 is 1. The zero-order valence-corrected chi connectivity index (χ0v) is 18.3. The van der Waals surface area contributed by atoms with E-state index in [0.717, 1.165) is 12.8 Å². The van der Waals surface area contributed by atoms with Crippen LogP contribution in [-0.2, 0) is 19.4 Å². The van der Waals surface area contributed by atoms with Crippen molar-refractivity contribution in [2.45, 2.75) is 32.2 Å². The highest BCUT2D eigenvalue weighted by Crippen LogP contribution is 2.28. The lowest BCUT2D eigenvalue weighted by molar-refractivity contribution is -0.136. The Hall–Kier alpha value is -2.55. The van der Waals surface area contributed by atoms with Gasteiger partial charge in [-0.2, -0.15) is 0 Å². The first-order valence-electron chi connectivity index (χ1n) is 9.90. The molecule has 0 aromatic heterocycles. The molecule has 0 radical (unpaired) electrons. The molecule has 166 valence electrons. The first-order chi connectivity index (χ1) is 14.3. The molecule has 8 nitrogen and oxygen atoms in total. The van der Waals surface area contributed by atoms with E-state index in [9.17, 15) is 18.0 Å². The van der Waals surface area contributed by atoms with Gasteiger partial charge in [0, 0.05) is 12.6 Å². The number of hydrogen-bond acceptors (Lipinski definition) is 7. The van der Waals surface area contributed by atoms with Crippen LogP contribution in [0.25, 0.3) is 0 Å². The van der Waals surface area contributed by atoms with Crippen LogP contribution in [0.15, 0.2) is 30.9 Å². The van der Waals surface area contributed by atoms with Gasteiger partial charge in [0.1, 0.15) is 6.61 Å². The first kappa shape index (κ1) is 23.7. The molecule has 1 aliphatic heterocycles. The predicted molar refractivity (Wildman–Crippen MR) is 113 cm³/mol. The molecule has 0 spiro atoms. The maximum Gasteiger partial charge on any atom is 0.338 e. The maximum absolute atomic E-state index is 12.7. The van der Waals surface area contributed by atoms with Gasteiger partial charge in [0.05, 0.1) is 24.2 Å². The smallest absolute Gasteiger partial charge is 0.338 e. The SMILES string of the molecule is C=CCOc1ccc(C(=O)OCC(=O)N(CCCC)C2CCS(=O)(=O)C2)cc1OC. The summed E-state index contributed by atoms with van der Waals surface area (Å²) in [7, 11) is -1.67. The molecule has 30 heavy (non-hydrogen) atoms. The van der Waals surface area contributed by atoms with E-state index in [-0.39, 0.29) is 23.1 Å². The van der Waals surface area contributed by atoms with Crippen LogP contribution in [0.5, 0.6) is 11.5 Å². The van der Waals surface area contributed by atoms with Crippen LogP contribution >= 0.6 is 0 Å². The number of hydrogen-bond donors (Lipinski definition) is 0. The first-order valence-corrected chi connectivity index (χ1v) is 11.7. The van der Waals surface area contributed by atoms with Crippen molar-refractivity contribution in [1.82, 2.24) is 4.90 Å². The third-order valence-electron chi connectivity index (χ3n) is 4.80. The minimum absolute atomic E-state index is 0.0419. The number of amides is 1. The van der Waals surface area contributed by atoms with Crippen LogP contribution in [0, 0.1) is 0 Å². The van der Waals surface area contributed by atoms with Crippen molar-refractivity contribution in [3.8, 4) is 11.5 Å². The Labute approximate surface area is 177 Å². The number of sulfone groups is 1. The molecular weight excluding hydrogens is 410 g/mol. The lowest BCUT2D eigenvalue weighted by Gasteiger charge is -2.28. The van der Waals surface area contributed by atoms with Crippen molar-refractivity contribution in [2.24, 2.45) is 0 Å². The van der Waals surface area contributed by atoms with Crippen molar-refractivity contribution in [2.75, 3.05) is 38.4 Å². The molecule has 1 saturated heterocycles. The quantitative estimate of drug-likeness (QED) is 0.385. The van der Waals surface area contributed by atoms with E-state index in [0.29, 0.717) is 31.1 Å². The Kier molecular flexibility index (Phi) is 8.71. The summed E-state index contributed by atoms with van der Waals surface area (Å²) in [5, 5.41) is 0. The second-order valence-corrected chi connectivity index (χ2v) is 9.27. The third-order valence-corrected chi connectivity index (χ3v) is 6.56. The van der Waals surface area contributed by atoms with Crippen molar-refractivity contribution in [1.29, 1.82) is 0 Å². The predicted octanol–water partition coefficient (Wildman–Crippen LogP) is 2.23. The molecule has 0 N–H and O–H groups in total. The lowest BCUT2D eigenvalue weighted by Crippen LogP contribution is -2.43. The summed E-state index contributed by atoms with van der Waals surface area (Å²) in [6.45, 7) is 5.85. The topological polar surface area (TPSA) is 99.2 Å². The van der Waals surface area contributed by atoms with E-state index < -0.39 is 28.3 Å². The van der Waals surface area contributed by atoms with Crippen LogP contribution < -0.4 is 9.47 Å². The average Bonchev–Trinajstić information content (AvgIpc) is 3.09. The zero-order chi connectivity index (χ0) is 22.1. The summed E-state index contributed by atoms with van der Waals surface area (Å²) in [6.07, 6.45) is 3.62. The molecule has 1 atom stereocenters. The highest BCUT2D eigenvalue weighted by atomic mass is 32.2. The third kappa shape index (κ3) is 6.48. The number of esters is 1. The van der Waals surface area contributed by atoms with Gasteiger partial charge in [0.15, 0.2) is 27.9 Å². The van der Waals surface area contributed by atoms with Crippen molar-refractivity contribution in [3.05, 3.63) is 36.4 Å². The fourth-order valence-corrected chi connectivity index (χ4v) is 4.95. The van der Waals surface area contributed by atoms with E-state index in [1.54, 1.807) is 12.1 Å². The fraction of sp³-hybridized carbons (Fsp3) is 0.524. The molecule has 1 aromatic carbocycles. The molecule has 1 heterocycles. The van der Waals surface area contributed by atoms with E-state index in [1.807, 2.05) is 6.92 Å². The minimum Gasteiger partial charge on any atom is -0.493 e.